The van der Waals surface area contributed by atoms with E-state index < -0.39 is 0 Å². The first-order chi connectivity index (χ1) is 7.72. The molecule has 5 nitrogen and oxygen atoms in total. The molecular weight excluding hydrogens is 226 g/mol. The third kappa shape index (κ3) is 6.58. The zero-order valence-electron chi connectivity index (χ0n) is 9.54. The molecule has 0 aliphatic heterocycles. The van der Waals surface area contributed by atoms with E-state index in [2.05, 4.69) is 16.0 Å². The summed E-state index contributed by atoms with van der Waals surface area (Å²) in [5.41, 5.74) is 0. The number of methoxy groups -OCH3 is 1. The van der Waals surface area contributed by atoms with Gasteiger partial charge in [0.05, 0.1) is 6.61 Å². The minimum absolute atomic E-state index is 0.0923. The maximum Gasteiger partial charge on any atom is 0.221 e. The average molecular weight is 245 g/mol. The van der Waals surface area contributed by atoms with Gasteiger partial charge in [-0.2, -0.15) is 0 Å². The molecule has 0 atom stereocenters. The number of amides is 1. The lowest BCUT2D eigenvalue weighted by Crippen LogP contribution is -2.39. The van der Waals surface area contributed by atoms with Crippen molar-refractivity contribution < 1.29 is 9.53 Å². The number of hydrogen-bond donors (Lipinski definition) is 3. The van der Waals surface area contributed by atoms with Gasteiger partial charge in [0.2, 0.25) is 5.91 Å². The van der Waals surface area contributed by atoms with E-state index in [1.165, 1.54) is 0 Å². The normalized spacial score (nSPS) is 14.3. The Morgan fingerprint density at radius 3 is 2.69 bits per heavy atom. The van der Waals surface area contributed by atoms with Gasteiger partial charge in [0.1, 0.15) is 0 Å². The van der Waals surface area contributed by atoms with E-state index in [-0.39, 0.29) is 5.91 Å². The zero-order chi connectivity index (χ0) is 11.8. The van der Waals surface area contributed by atoms with Crippen LogP contribution in [-0.4, -0.2) is 43.9 Å². The van der Waals surface area contributed by atoms with Gasteiger partial charge in [-0.25, -0.2) is 0 Å². The van der Waals surface area contributed by atoms with Crippen molar-refractivity contribution in [3.63, 3.8) is 0 Å². The lowest BCUT2D eigenvalue weighted by Gasteiger charge is -2.09. The van der Waals surface area contributed by atoms with Crippen LogP contribution in [-0.2, 0) is 9.53 Å². The fourth-order valence-electron chi connectivity index (χ4n) is 1.15. The van der Waals surface area contributed by atoms with Gasteiger partial charge in [0, 0.05) is 32.7 Å². The molecule has 0 radical (unpaired) electrons. The Kier molecular flexibility index (Phi) is 6.10. The Balaban J connectivity index is 1.92. The number of carbonyl (C=O) groups is 1. The van der Waals surface area contributed by atoms with Crippen molar-refractivity contribution in [3.05, 3.63) is 0 Å². The van der Waals surface area contributed by atoms with Crippen molar-refractivity contribution in [2.24, 2.45) is 0 Å². The van der Waals surface area contributed by atoms with Crippen molar-refractivity contribution in [1.29, 1.82) is 0 Å². The second-order valence-corrected chi connectivity index (χ2v) is 4.18. The van der Waals surface area contributed by atoms with Crippen LogP contribution in [0.2, 0.25) is 0 Å². The number of rotatable bonds is 7. The minimum Gasteiger partial charge on any atom is -0.383 e. The quantitative estimate of drug-likeness (QED) is 0.427. The molecular formula is C10H19N3O2S. The first-order valence-corrected chi connectivity index (χ1v) is 5.93. The molecule has 3 N–H and O–H groups in total. The van der Waals surface area contributed by atoms with Crippen molar-refractivity contribution in [1.82, 2.24) is 16.0 Å². The van der Waals surface area contributed by atoms with Gasteiger partial charge in [-0.05, 0) is 25.1 Å². The van der Waals surface area contributed by atoms with E-state index in [1.807, 2.05) is 0 Å². The summed E-state index contributed by atoms with van der Waals surface area (Å²) in [6, 6.07) is 0.430. The van der Waals surface area contributed by atoms with Crippen LogP contribution in [0.1, 0.15) is 19.3 Å². The summed E-state index contributed by atoms with van der Waals surface area (Å²) in [6.07, 6.45) is 2.70. The number of thiocarbonyl (C=S) groups is 1. The molecule has 0 aromatic carbocycles. The van der Waals surface area contributed by atoms with Gasteiger partial charge in [0.15, 0.2) is 5.11 Å². The maximum atomic E-state index is 11.3. The molecule has 16 heavy (non-hydrogen) atoms. The summed E-state index contributed by atoms with van der Waals surface area (Å²) in [4.78, 5) is 11.3. The van der Waals surface area contributed by atoms with E-state index >= 15 is 0 Å². The van der Waals surface area contributed by atoms with E-state index in [1.54, 1.807) is 7.11 Å². The molecule has 1 amide bonds. The summed E-state index contributed by atoms with van der Waals surface area (Å²) in [6.45, 7) is 1.86. The topological polar surface area (TPSA) is 62.4 Å². The number of nitrogens with one attached hydrogen (secondary N) is 3. The third-order valence-corrected chi connectivity index (χ3v) is 2.46. The van der Waals surface area contributed by atoms with E-state index in [0.717, 1.165) is 12.8 Å². The summed E-state index contributed by atoms with van der Waals surface area (Å²) in [5, 5.41) is 9.43. The lowest BCUT2D eigenvalue weighted by molar-refractivity contribution is -0.121. The average Bonchev–Trinajstić information content (AvgIpc) is 3.02. The van der Waals surface area contributed by atoms with Crippen LogP contribution >= 0.6 is 12.2 Å². The van der Waals surface area contributed by atoms with E-state index in [9.17, 15) is 4.79 Å². The Morgan fingerprint density at radius 2 is 2.06 bits per heavy atom. The molecule has 0 spiro atoms. The highest BCUT2D eigenvalue weighted by molar-refractivity contribution is 7.80. The third-order valence-electron chi connectivity index (χ3n) is 2.17. The van der Waals surface area contributed by atoms with Gasteiger partial charge in [-0.1, -0.05) is 0 Å². The van der Waals surface area contributed by atoms with E-state index in [0.29, 0.717) is 37.3 Å². The Labute approximate surface area is 101 Å². The van der Waals surface area contributed by atoms with Crippen LogP contribution in [0.15, 0.2) is 0 Å². The predicted octanol–water partition coefficient (Wildman–Crippen LogP) is -0.234. The summed E-state index contributed by atoms with van der Waals surface area (Å²) in [5.74, 6) is 0.0923. The molecule has 1 fully saturated rings. The van der Waals surface area contributed by atoms with Crippen molar-refractivity contribution in [2.75, 3.05) is 26.8 Å². The van der Waals surface area contributed by atoms with Gasteiger partial charge in [0.25, 0.3) is 0 Å². The zero-order valence-corrected chi connectivity index (χ0v) is 10.4. The highest BCUT2D eigenvalue weighted by Crippen LogP contribution is 2.18. The Morgan fingerprint density at radius 1 is 1.38 bits per heavy atom. The monoisotopic (exact) mass is 245 g/mol. The molecule has 0 heterocycles. The SMILES string of the molecule is COCCNC(=S)NCCC(=O)NC1CC1. The van der Waals surface area contributed by atoms with Crippen LogP contribution in [0.4, 0.5) is 0 Å². The molecule has 1 aliphatic carbocycles. The van der Waals surface area contributed by atoms with Gasteiger partial charge in [-0.3, -0.25) is 4.79 Å². The highest BCUT2D eigenvalue weighted by atomic mass is 32.1. The maximum absolute atomic E-state index is 11.3. The fourth-order valence-corrected chi connectivity index (χ4v) is 1.35. The van der Waals surface area contributed by atoms with Crippen LogP contribution in [0.3, 0.4) is 0 Å². The van der Waals surface area contributed by atoms with Crippen molar-refractivity contribution in [2.45, 2.75) is 25.3 Å². The minimum atomic E-state index is 0.0923. The lowest BCUT2D eigenvalue weighted by atomic mass is 10.4. The molecule has 0 saturated heterocycles. The number of ether oxygens (including phenoxy) is 1. The molecule has 0 bridgehead atoms. The van der Waals surface area contributed by atoms with Crippen molar-refractivity contribution in [3.8, 4) is 0 Å². The van der Waals surface area contributed by atoms with Crippen molar-refractivity contribution >= 4 is 23.2 Å². The molecule has 1 aliphatic rings. The molecule has 0 aromatic heterocycles. The molecule has 92 valence electrons. The van der Waals surface area contributed by atoms with E-state index in [4.69, 9.17) is 17.0 Å². The molecule has 1 rings (SSSR count). The Hall–Kier alpha value is -0.880. The number of hydrogen-bond acceptors (Lipinski definition) is 3. The van der Waals surface area contributed by atoms with Gasteiger partial charge >= 0.3 is 0 Å². The highest BCUT2D eigenvalue weighted by Gasteiger charge is 2.22. The van der Waals surface area contributed by atoms with Gasteiger partial charge < -0.3 is 20.7 Å². The predicted molar refractivity (Wildman–Crippen MR) is 66.3 cm³/mol. The van der Waals surface area contributed by atoms with Crippen LogP contribution in [0.25, 0.3) is 0 Å². The standard InChI is InChI=1S/C10H19N3O2S/c1-15-7-6-12-10(16)11-5-4-9(14)13-8-2-3-8/h8H,2-7H2,1H3,(H,13,14)(H2,11,12,16). The molecule has 0 unspecified atom stereocenters. The van der Waals surface area contributed by atoms with Gasteiger partial charge in [-0.15, -0.1) is 0 Å². The summed E-state index contributed by atoms with van der Waals surface area (Å²) >= 11 is 5.01. The molecule has 6 heteroatoms. The smallest absolute Gasteiger partial charge is 0.221 e. The second kappa shape index (κ2) is 7.40. The summed E-state index contributed by atoms with van der Waals surface area (Å²) < 4.78 is 4.87. The Bertz CT molecular complexity index is 244. The second-order valence-electron chi connectivity index (χ2n) is 3.77. The molecule has 0 aromatic rings. The first-order valence-electron chi connectivity index (χ1n) is 5.52. The van der Waals surface area contributed by atoms with Crippen LogP contribution in [0.5, 0.6) is 0 Å². The first kappa shape index (κ1) is 13.2. The fraction of sp³-hybridized carbons (Fsp3) is 0.800. The molecule has 1 saturated carbocycles. The van der Waals surface area contributed by atoms with Crippen LogP contribution in [0, 0.1) is 0 Å². The van der Waals surface area contributed by atoms with Crippen LogP contribution < -0.4 is 16.0 Å². The largest absolute Gasteiger partial charge is 0.383 e. The summed E-state index contributed by atoms with van der Waals surface area (Å²) in [7, 11) is 1.64. The number of carbonyl (C=O) groups excluding carboxylic acids is 1.